The zero-order valence-corrected chi connectivity index (χ0v) is 10.9. The molecule has 0 amide bonds. The largest absolute Gasteiger partial charge is 1.00 e. The van der Waals surface area contributed by atoms with Crippen LogP contribution in [0.4, 0.5) is 4.39 Å². The van der Waals surface area contributed by atoms with E-state index in [-0.39, 0.29) is 57.8 Å². The van der Waals surface area contributed by atoms with E-state index >= 15 is 0 Å². The van der Waals surface area contributed by atoms with Gasteiger partial charge < -0.3 is 9.90 Å². The molecule has 0 heterocycles. The summed E-state index contributed by atoms with van der Waals surface area (Å²) in [5.74, 6) is -1.04. The minimum atomic E-state index is -1.04. The SMILES string of the molecule is CCC(F)CCCCC(=O)[O-].[K+]. The van der Waals surface area contributed by atoms with E-state index in [0.29, 0.717) is 25.7 Å². The fourth-order valence-electron chi connectivity index (χ4n) is 0.839. The fourth-order valence-corrected chi connectivity index (χ4v) is 0.839. The predicted molar refractivity (Wildman–Crippen MR) is 38.7 cm³/mol. The molecule has 0 aromatic carbocycles. The zero-order valence-electron chi connectivity index (χ0n) is 7.81. The molecule has 0 saturated carbocycles. The summed E-state index contributed by atoms with van der Waals surface area (Å²) in [6.07, 6.45) is 1.45. The van der Waals surface area contributed by atoms with E-state index in [1.807, 2.05) is 0 Å². The molecule has 0 N–H and O–H groups in total. The average Bonchev–Trinajstić information content (AvgIpc) is 1.97. The van der Waals surface area contributed by atoms with Gasteiger partial charge >= 0.3 is 51.4 Å². The van der Waals surface area contributed by atoms with Crippen LogP contribution in [0.2, 0.25) is 0 Å². The van der Waals surface area contributed by atoms with E-state index in [9.17, 15) is 14.3 Å². The molecular formula is C8H14FKO2. The van der Waals surface area contributed by atoms with Crippen LogP contribution in [-0.2, 0) is 4.79 Å². The number of halogens is 1. The van der Waals surface area contributed by atoms with Crippen LogP contribution in [0.15, 0.2) is 0 Å². The first-order valence-corrected chi connectivity index (χ1v) is 4.00. The van der Waals surface area contributed by atoms with Crippen LogP contribution in [0.25, 0.3) is 0 Å². The topological polar surface area (TPSA) is 40.1 Å². The zero-order chi connectivity index (χ0) is 8.69. The number of rotatable bonds is 6. The number of hydrogen-bond donors (Lipinski definition) is 0. The van der Waals surface area contributed by atoms with Crippen molar-refractivity contribution in [1.29, 1.82) is 0 Å². The Bertz CT molecular complexity index is 120. The number of carbonyl (C=O) groups is 1. The van der Waals surface area contributed by atoms with Gasteiger partial charge in [-0.25, -0.2) is 4.39 Å². The number of carboxylic acids is 1. The second-order valence-corrected chi connectivity index (χ2v) is 2.62. The van der Waals surface area contributed by atoms with Crippen LogP contribution in [0.3, 0.4) is 0 Å². The molecule has 0 bridgehead atoms. The molecule has 0 aromatic rings. The van der Waals surface area contributed by atoms with E-state index in [0.717, 1.165) is 0 Å². The van der Waals surface area contributed by atoms with Crippen molar-refractivity contribution >= 4 is 5.97 Å². The molecule has 0 aliphatic rings. The number of hydrogen-bond acceptors (Lipinski definition) is 2. The third kappa shape index (κ3) is 11.0. The summed E-state index contributed by atoms with van der Waals surface area (Å²) in [5.41, 5.74) is 0. The van der Waals surface area contributed by atoms with Crippen LogP contribution in [-0.4, -0.2) is 12.1 Å². The third-order valence-electron chi connectivity index (χ3n) is 1.59. The normalized spacial score (nSPS) is 11.8. The number of alkyl halides is 1. The number of carbonyl (C=O) groups excluding carboxylic acids is 1. The summed E-state index contributed by atoms with van der Waals surface area (Å²) in [4.78, 5) is 9.91. The minimum Gasteiger partial charge on any atom is -0.550 e. The van der Waals surface area contributed by atoms with Gasteiger partial charge in [0.2, 0.25) is 0 Å². The molecule has 0 aliphatic heterocycles. The summed E-state index contributed by atoms with van der Waals surface area (Å²) in [6, 6.07) is 0. The third-order valence-corrected chi connectivity index (χ3v) is 1.59. The molecule has 0 radical (unpaired) electrons. The Hall–Kier alpha value is 1.04. The maximum absolute atomic E-state index is 12.5. The maximum atomic E-state index is 12.5. The summed E-state index contributed by atoms with van der Waals surface area (Å²) in [6.45, 7) is 1.78. The molecule has 1 atom stereocenters. The molecule has 4 heteroatoms. The van der Waals surface area contributed by atoms with Gasteiger partial charge in [-0.1, -0.05) is 13.3 Å². The number of unbranched alkanes of at least 4 members (excludes halogenated alkanes) is 1. The second-order valence-electron chi connectivity index (χ2n) is 2.62. The Morgan fingerprint density at radius 1 is 1.50 bits per heavy atom. The first-order chi connectivity index (χ1) is 5.16. The molecule has 2 nitrogen and oxygen atoms in total. The average molecular weight is 200 g/mol. The van der Waals surface area contributed by atoms with E-state index < -0.39 is 12.1 Å². The maximum Gasteiger partial charge on any atom is 1.00 e. The van der Waals surface area contributed by atoms with Crippen LogP contribution in [0.5, 0.6) is 0 Å². The van der Waals surface area contributed by atoms with E-state index in [1.54, 1.807) is 6.92 Å². The van der Waals surface area contributed by atoms with Gasteiger partial charge in [-0.3, -0.25) is 0 Å². The first-order valence-electron chi connectivity index (χ1n) is 4.00. The van der Waals surface area contributed by atoms with Crippen molar-refractivity contribution in [3.05, 3.63) is 0 Å². The van der Waals surface area contributed by atoms with Crippen LogP contribution in [0.1, 0.15) is 39.0 Å². The first kappa shape index (κ1) is 15.5. The van der Waals surface area contributed by atoms with Gasteiger partial charge in [-0.05, 0) is 25.7 Å². The van der Waals surface area contributed by atoms with Crippen LogP contribution >= 0.6 is 0 Å². The molecule has 0 saturated heterocycles. The number of carboxylic acid groups (broad SMARTS) is 1. The van der Waals surface area contributed by atoms with Crippen molar-refractivity contribution in [3.63, 3.8) is 0 Å². The predicted octanol–water partition coefficient (Wildman–Crippen LogP) is -1.95. The number of aliphatic carboxylic acids is 1. The molecule has 12 heavy (non-hydrogen) atoms. The van der Waals surface area contributed by atoms with E-state index in [2.05, 4.69) is 0 Å². The van der Waals surface area contributed by atoms with Crippen molar-refractivity contribution in [3.8, 4) is 0 Å². The van der Waals surface area contributed by atoms with Gasteiger partial charge in [0.1, 0.15) is 0 Å². The molecule has 66 valence electrons. The van der Waals surface area contributed by atoms with Crippen molar-refractivity contribution in [2.24, 2.45) is 0 Å². The minimum absolute atomic E-state index is 0. The summed E-state index contributed by atoms with van der Waals surface area (Å²) < 4.78 is 12.5. The Labute approximate surface area is 115 Å². The van der Waals surface area contributed by atoms with Gasteiger partial charge in [0.15, 0.2) is 0 Å². The summed E-state index contributed by atoms with van der Waals surface area (Å²) in [5, 5.41) is 9.91. The van der Waals surface area contributed by atoms with Crippen molar-refractivity contribution in [2.45, 2.75) is 45.2 Å². The second kappa shape index (κ2) is 10.1. The molecule has 0 aromatic heterocycles. The van der Waals surface area contributed by atoms with E-state index in [1.165, 1.54) is 0 Å². The van der Waals surface area contributed by atoms with Crippen LogP contribution in [0, 0.1) is 0 Å². The van der Waals surface area contributed by atoms with Crippen molar-refractivity contribution in [1.82, 2.24) is 0 Å². The van der Waals surface area contributed by atoms with Gasteiger partial charge in [-0.2, -0.15) is 0 Å². The van der Waals surface area contributed by atoms with Gasteiger partial charge in [0.05, 0.1) is 6.17 Å². The summed E-state index contributed by atoms with van der Waals surface area (Å²) >= 11 is 0. The van der Waals surface area contributed by atoms with Gasteiger partial charge in [0, 0.05) is 5.97 Å². The Balaban J connectivity index is 0. The van der Waals surface area contributed by atoms with Gasteiger partial charge in [0.25, 0.3) is 0 Å². The van der Waals surface area contributed by atoms with Gasteiger partial charge in [-0.15, -0.1) is 0 Å². The smallest absolute Gasteiger partial charge is 0.550 e. The Morgan fingerprint density at radius 2 is 2.08 bits per heavy atom. The summed E-state index contributed by atoms with van der Waals surface area (Å²) in [7, 11) is 0. The van der Waals surface area contributed by atoms with Crippen LogP contribution < -0.4 is 56.5 Å². The molecule has 0 fully saturated rings. The standard InChI is InChI=1S/C8H15FO2.K/c1-2-7(9)5-3-4-6-8(10)11;/h7H,2-6H2,1H3,(H,10,11);/q;+1/p-1. The molecule has 1 unspecified atom stereocenters. The molecule has 0 rings (SSSR count). The van der Waals surface area contributed by atoms with Crippen molar-refractivity contribution in [2.75, 3.05) is 0 Å². The Morgan fingerprint density at radius 3 is 2.50 bits per heavy atom. The quantitative estimate of drug-likeness (QED) is 0.369. The fraction of sp³-hybridized carbons (Fsp3) is 0.875. The monoisotopic (exact) mass is 200 g/mol. The molecule has 0 aliphatic carbocycles. The van der Waals surface area contributed by atoms with Crippen molar-refractivity contribution < 1.29 is 65.7 Å². The Kier molecular flexibility index (Phi) is 13.1. The molecular weight excluding hydrogens is 186 g/mol. The molecule has 0 spiro atoms. The van der Waals surface area contributed by atoms with E-state index in [4.69, 9.17) is 0 Å².